The summed E-state index contributed by atoms with van der Waals surface area (Å²) < 4.78 is 0. The van der Waals surface area contributed by atoms with Crippen LogP contribution >= 0.6 is 0 Å². The van der Waals surface area contributed by atoms with E-state index in [0.717, 1.165) is 50.5 Å². The SMILES string of the molecule is c1ccc(-c2nc(-c3cc4c5c(c3)N(c3ccccc3)c3c(ccc6cc7ccccc7cc36)B5c3ccc5cc6ccccc6cc5c3N4c3ccccc3)nc3ccccc23)cc1. The molecule has 11 aromatic carbocycles. The fourth-order valence-corrected chi connectivity index (χ4v) is 10.8. The predicted octanol–water partition coefficient (Wildman–Crippen LogP) is 13.7. The van der Waals surface area contributed by atoms with E-state index >= 15 is 0 Å². The van der Waals surface area contributed by atoms with Crippen LogP contribution < -0.4 is 26.2 Å². The van der Waals surface area contributed by atoms with Gasteiger partial charge in [-0.2, -0.15) is 0 Å². The molecular weight excluding hydrogens is 787 g/mol. The first-order valence-electron chi connectivity index (χ1n) is 22.4. The molecule has 14 rings (SSSR count). The third-order valence-electron chi connectivity index (χ3n) is 13.7. The average Bonchev–Trinajstić information content (AvgIpc) is 3.37. The molecule has 0 bridgehead atoms. The summed E-state index contributed by atoms with van der Waals surface area (Å²) in [4.78, 5) is 15.9. The van der Waals surface area contributed by atoms with Gasteiger partial charge in [-0.25, -0.2) is 9.97 Å². The second kappa shape index (κ2) is 14.0. The normalized spacial score (nSPS) is 12.8. The van der Waals surface area contributed by atoms with Gasteiger partial charge in [-0.3, -0.25) is 0 Å². The van der Waals surface area contributed by atoms with Gasteiger partial charge >= 0.3 is 0 Å². The van der Waals surface area contributed by atoms with E-state index in [0.29, 0.717) is 5.82 Å². The fourth-order valence-electron chi connectivity index (χ4n) is 10.8. The van der Waals surface area contributed by atoms with Gasteiger partial charge in [0.05, 0.1) is 11.2 Å². The van der Waals surface area contributed by atoms with E-state index in [2.05, 4.69) is 234 Å². The summed E-state index contributed by atoms with van der Waals surface area (Å²) in [6.07, 6.45) is 0. The minimum absolute atomic E-state index is 0.0804. The Hall–Kier alpha value is -8.54. The molecule has 0 saturated heterocycles. The van der Waals surface area contributed by atoms with Gasteiger partial charge in [-0.1, -0.05) is 158 Å². The Labute approximate surface area is 376 Å². The number of anilines is 6. The van der Waals surface area contributed by atoms with Crippen molar-refractivity contribution in [3.8, 4) is 22.6 Å². The maximum Gasteiger partial charge on any atom is 0.252 e. The highest BCUT2D eigenvalue weighted by Gasteiger charge is 2.45. The molecule has 0 unspecified atom stereocenters. The number of hydrogen-bond acceptors (Lipinski definition) is 4. The topological polar surface area (TPSA) is 32.3 Å². The van der Waals surface area contributed by atoms with Crippen molar-refractivity contribution < 1.29 is 0 Å². The Morgan fingerprint density at radius 3 is 1.34 bits per heavy atom. The molecule has 0 fully saturated rings. The zero-order valence-corrected chi connectivity index (χ0v) is 35.2. The van der Waals surface area contributed by atoms with Crippen LogP contribution in [0.25, 0.3) is 76.6 Å². The highest BCUT2D eigenvalue weighted by atomic mass is 15.2. The van der Waals surface area contributed by atoms with Crippen LogP contribution in [0.3, 0.4) is 0 Å². The van der Waals surface area contributed by atoms with E-state index in [1.54, 1.807) is 0 Å². The third kappa shape index (κ3) is 5.46. The van der Waals surface area contributed by atoms with Gasteiger partial charge in [0.1, 0.15) is 0 Å². The van der Waals surface area contributed by atoms with Gasteiger partial charge < -0.3 is 9.80 Å². The first-order chi connectivity index (χ1) is 32.2. The second-order valence-corrected chi connectivity index (χ2v) is 17.3. The number of fused-ring (bicyclic) bond motifs is 11. The number of hydrogen-bond donors (Lipinski definition) is 0. The summed E-state index contributed by atoms with van der Waals surface area (Å²) in [5.41, 5.74) is 14.5. The minimum Gasteiger partial charge on any atom is -0.311 e. The molecule has 5 heteroatoms. The quantitative estimate of drug-likeness (QED) is 0.131. The summed E-state index contributed by atoms with van der Waals surface area (Å²) in [6.45, 7) is -0.0804. The van der Waals surface area contributed by atoms with Crippen molar-refractivity contribution in [1.82, 2.24) is 9.97 Å². The molecule has 0 saturated carbocycles. The summed E-state index contributed by atoms with van der Waals surface area (Å²) in [6, 6.07) is 81.9. The highest BCUT2D eigenvalue weighted by molar-refractivity contribution is 7.00. The molecule has 3 heterocycles. The number of nitrogens with zero attached hydrogens (tertiary/aromatic N) is 4. The molecule has 4 nitrogen and oxygen atoms in total. The van der Waals surface area contributed by atoms with Crippen molar-refractivity contribution in [2.75, 3.05) is 9.80 Å². The third-order valence-corrected chi connectivity index (χ3v) is 13.7. The summed E-state index contributed by atoms with van der Waals surface area (Å²) in [5.74, 6) is 0.684. The lowest BCUT2D eigenvalue weighted by Crippen LogP contribution is -2.61. The lowest BCUT2D eigenvalue weighted by atomic mass is 9.33. The number of benzene rings is 11. The van der Waals surface area contributed by atoms with Crippen molar-refractivity contribution in [2.24, 2.45) is 0 Å². The molecule has 0 atom stereocenters. The van der Waals surface area contributed by atoms with Crippen LogP contribution in [0.2, 0.25) is 0 Å². The molecule has 0 amide bonds. The van der Waals surface area contributed by atoms with Crippen LogP contribution in [0.1, 0.15) is 0 Å². The Morgan fingerprint density at radius 2 is 0.800 bits per heavy atom. The van der Waals surface area contributed by atoms with Gasteiger partial charge in [-0.05, 0) is 115 Å². The molecule has 300 valence electrons. The molecule has 0 radical (unpaired) electrons. The second-order valence-electron chi connectivity index (χ2n) is 17.3. The lowest BCUT2D eigenvalue weighted by Gasteiger charge is -2.45. The maximum absolute atomic E-state index is 5.51. The Kier molecular flexibility index (Phi) is 7.75. The van der Waals surface area contributed by atoms with Crippen molar-refractivity contribution in [3.63, 3.8) is 0 Å². The van der Waals surface area contributed by atoms with Gasteiger partial charge in [0.25, 0.3) is 6.71 Å². The van der Waals surface area contributed by atoms with Crippen LogP contribution in [0.5, 0.6) is 0 Å². The van der Waals surface area contributed by atoms with Crippen LogP contribution in [-0.2, 0) is 0 Å². The zero-order chi connectivity index (χ0) is 42.6. The average molecular weight is 825 g/mol. The minimum atomic E-state index is -0.0804. The van der Waals surface area contributed by atoms with Crippen LogP contribution in [0, 0.1) is 0 Å². The Balaban J connectivity index is 1.16. The number of para-hydroxylation sites is 3. The van der Waals surface area contributed by atoms with Crippen molar-refractivity contribution >= 4 is 111 Å². The Bertz CT molecular complexity index is 3720. The van der Waals surface area contributed by atoms with Gasteiger partial charge in [0.15, 0.2) is 5.82 Å². The predicted molar refractivity (Wildman–Crippen MR) is 274 cm³/mol. The van der Waals surface area contributed by atoms with E-state index in [1.807, 2.05) is 0 Å². The summed E-state index contributed by atoms with van der Waals surface area (Å²) in [5, 5.41) is 10.8. The van der Waals surface area contributed by atoms with E-state index < -0.39 is 0 Å². The molecular formula is C60H37BN4. The largest absolute Gasteiger partial charge is 0.311 e. The first-order valence-corrected chi connectivity index (χ1v) is 22.4. The first kappa shape index (κ1) is 36.0. The zero-order valence-electron chi connectivity index (χ0n) is 35.2. The van der Waals surface area contributed by atoms with Gasteiger partial charge in [0.2, 0.25) is 0 Å². The summed E-state index contributed by atoms with van der Waals surface area (Å²) in [7, 11) is 0. The van der Waals surface area contributed by atoms with Gasteiger partial charge in [-0.15, -0.1) is 0 Å². The maximum atomic E-state index is 5.51. The van der Waals surface area contributed by atoms with E-state index in [-0.39, 0.29) is 6.71 Å². The molecule has 65 heavy (non-hydrogen) atoms. The smallest absolute Gasteiger partial charge is 0.252 e. The van der Waals surface area contributed by atoms with Crippen molar-refractivity contribution in [1.29, 1.82) is 0 Å². The lowest BCUT2D eigenvalue weighted by molar-refractivity contribution is 1.21. The molecule has 0 aliphatic carbocycles. The molecule has 12 aromatic rings. The van der Waals surface area contributed by atoms with Crippen molar-refractivity contribution in [3.05, 3.63) is 224 Å². The monoisotopic (exact) mass is 824 g/mol. The van der Waals surface area contributed by atoms with Crippen LogP contribution in [0.4, 0.5) is 34.1 Å². The van der Waals surface area contributed by atoms with Gasteiger partial charge in [0, 0.05) is 61.4 Å². The summed E-state index contributed by atoms with van der Waals surface area (Å²) >= 11 is 0. The molecule has 1 aromatic heterocycles. The molecule has 0 N–H and O–H groups in total. The fraction of sp³-hybridized carbons (Fsp3) is 0. The standard InChI is InChI=1S/C60H37BN4/c1-4-16-38(17-5-1)57-48-26-14-15-27-53(48)62-60(63-57)45-36-54-56-55(37-45)65(47-24-8-3-9-25-47)59-50-35-42-21-13-11-19-40(42)33-44(50)29-31-52(59)61(56)51-30-28-43-32-39-18-10-12-20-41(39)34-49(43)58(51)64(54)46-22-6-2-7-23-46/h1-37H. The van der Waals surface area contributed by atoms with E-state index in [4.69, 9.17) is 9.97 Å². The molecule has 2 aliphatic heterocycles. The van der Waals surface area contributed by atoms with E-state index in [9.17, 15) is 0 Å². The van der Waals surface area contributed by atoms with E-state index in [1.165, 1.54) is 70.9 Å². The highest BCUT2D eigenvalue weighted by Crippen LogP contribution is 2.49. The number of aromatic nitrogens is 2. The molecule has 0 spiro atoms. The van der Waals surface area contributed by atoms with Crippen LogP contribution in [0.15, 0.2) is 224 Å². The van der Waals surface area contributed by atoms with Crippen molar-refractivity contribution in [2.45, 2.75) is 0 Å². The van der Waals surface area contributed by atoms with Crippen LogP contribution in [-0.4, -0.2) is 16.7 Å². The molecule has 2 aliphatic rings. The number of rotatable bonds is 4. The Morgan fingerprint density at radius 1 is 0.338 bits per heavy atom.